The van der Waals surface area contributed by atoms with Gasteiger partial charge in [0.25, 0.3) is 0 Å². The third-order valence-electron chi connectivity index (χ3n) is 3.52. The van der Waals surface area contributed by atoms with E-state index in [1.165, 1.54) is 56.0 Å². The number of halogens is 2. The van der Waals surface area contributed by atoms with Gasteiger partial charge >= 0.3 is 30.2 Å². The molecule has 2 radical (unpaired) electrons. The summed E-state index contributed by atoms with van der Waals surface area (Å²) in [7, 11) is 0. The van der Waals surface area contributed by atoms with Crippen molar-refractivity contribution >= 4 is 62.4 Å². The van der Waals surface area contributed by atoms with E-state index < -0.39 is 0 Å². The summed E-state index contributed by atoms with van der Waals surface area (Å²) in [6.07, 6.45) is 0. The van der Waals surface area contributed by atoms with Crippen LogP contribution in [-0.4, -0.2) is 6.88 Å². The van der Waals surface area contributed by atoms with Gasteiger partial charge in [-0.25, -0.2) is 0 Å². The Hall–Kier alpha value is -0.280. The average molecular weight is 598 g/mol. The predicted octanol–water partition coefficient (Wildman–Crippen LogP) is 8.19. The molecule has 0 aromatic heterocycles. The van der Waals surface area contributed by atoms with Crippen LogP contribution in [0.3, 0.4) is 0 Å². The van der Waals surface area contributed by atoms with Crippen LogP contribution in [0.25, 0.3) is 21.5 Å². The Bertz CT molecular complexity index is 727. The monoisotopic (exact) mass is 594 g/mol. The summed E-state index contributed by atoms with van der Waals surface area (Å²) >= 11 is 1.36. The van der Waals surface area contributed by atoms with Gasteiger partial charge in [0.15, 0.2) is 0 Å². The van der Waals surface area contributed by atoms with Crippen LogP contribution in [0, 0.1) is 27.7 Å². The molecule has 0 aliphatic rings. The fourth-order valence-electron chi connectivity index (χ4n) is 2.61. The SMILES string of the molecule is Br.Br.Cc1cc2ccccc2[cH-]1.Cc1cc2ccccc2[cH-]1.[CH2-]C.[CH2-]C.[Si]=[Zr]. The van der Waals surface area contributed by atoms with Crippen molar-refractivity contribution in [3.8, 4) is 0 Å². The van der Waals surface area contributed by atoms with Gasteiger partial charge in [-0.3, -0.25) is 0 Å². The molecule has 0 saturated carbocycles. The molecule has 4 heteroatoms. The molecule has 0 spiro atoms. The molecule has 0 fully saturated rings. The third-order valence-corrected chi connectivity index (χ3v) is 3.52. The molecule has 0 heterocycles. The Labute approximate surface area is 209 Å². The van der Waals surface area contributed by atoms with E-state index in [9.17, 15) is 0 Å². The van der Waals surface area contributed by atoms with Crippen molar-refractivity contribution in [3.05, 3.63) is 97.8 Å². The minimum absolute atomic E-state index is 0. The molecule has 4 aromatic carbocycles. The van der Waals surface area contributed by atoms with Crippen LogP contribution < -0.4 is 0 Å². The maximum absolute atomic E-state index is 3.25. The summed E-state index contributed by atoms with van der Waals surface area (Å²) in [4.78, 5) is 0. The Morgan fingerprint density at radius 2 is 0.929 bits per heavy atom. The zero-order valence-corrected chi connectivity index (χ0v) is 24.0. The van der Waals surface area contributed by atoms with E-state index in [1.807, 2.05) is 0 Å². The molecular formula is C24H30Br2SiZr-4. The van der Waals surface area contributed by atoms with E-state index in [0.29, 0.717) is 0 Å². The number of fused-ring (bicyclic) bond motifs is 2. The van der Waals surface area contributed by atoms with E-state index >= 15 is 0 Å². The van der Waals surface area contributed by atoms with Gasteiger partial charge in [-0.15, -0.1) is 115 Å². The van der Waals surface area contributed by atoms with Crippen molar-refractivity contribution in [3.63, 3.8) is 0 Å². The molecule has 0 aliphatic carbocycles. The molecule has 0 saturated heterocycles. The summed E-state index contributed by atoms with van der Waals surface area (Å²) in [6, 6.07) is 25.7. The Morgan fingerprint density at radius 1 is 0.643 bits per heavy atom. The second-order valence-corrected chi connectivity index (χ2v) is 5.32. The predicted molar refractivity (Wildman–Crippen MR) is 137 cm³/mol. The fraction of sp³-hybridized carbons (Fsp3) is 0.167. The van der Waals surface area contributed by atoms with Crippen molar-refractivity contribution in [2.75, 3.05) is 0 Å². The molecule has 0 N–H and O–H groups in total. The van der Waals surface area contributed by atoms with Crippen molar-refractivity contribution in [1.82, 2.24) is 0 Å². The molecule has 0 bridgehead atoms. The van der Waals surface area contributed by atoms with E-state index in [2.05, 4.69) is 107 Å². The summed E-state index contributed by atoms with van der Waals surface area (Å²) < 4.78 is 0. The third kappa shape index (κ3) is 11.0. The van der Waals surface area contributed by atoms with Crippen molar-refractivity contribution in [1.29, 1.82) is 0 Å². The van der Waals surface area contributed by atoms with Gasteiger partial charge in [0.2, 0.25) is 0 Å². The molecule has 0 aliphatic heterocycles. The van der Waals surface area contributed by atoms with Crippen LogP contribution in [0.15, 0.2) is 72.8 Å². The van der Waals surface area contributed by atoms with Crippen molar-refractivity contribution in [2.45, 2.75) is 27.7 Å². The topological polar surface area (TPSA) is 0 Å². The van der Waals surface area contributed by atoms with Crippen LogP contribution >= 0.6 is 34.0 Å². The normalized spacial score (nSPS) is 8.04. The Morgan fingerprint density at radius 3 is 1.21 bits per heavy atom. The van der Waals surface area contributed by atoms with Gasteiger partial charge in [0.1, 0.15) is 0 Å². The van der Waals surface area contributed by atoms with E-state index in [4.69, 9.17) is 0 Å². The summed E-state index contributed by atoms with van der Waals surface area (Å²) in [5, 5.41) is 5.39. The number of rotatable bonds is 0. The summed E-state index contributed by atoms with van der Waals surface area (Å²) in [5.74, 6) is 0. The maximum atomic E-state index is 3.25. The van der Waals surface area contributed by atoms with Gasteiger partial charge in [0, 0.05) is 0 Å². The van der Waals surface area contributed by atoms with E-state index in [0.717, 1.165) is 0 Å². The molecule has 0 nitrogen and oxygen atoms in total. The van der Waals surface area contributed by atoms with Gasteiger partial charge in [0.05, 0.1) is 0 Å². The average Bonchev–Trinajstić information content (AvgIpc) is 3.27. The zero-order valence-electron chi connectivity index (χ0n) is 17.2. The number of aryl methyl sites for hydroxylation is 2. The molecular weight excluding hydrogens is 567 g/mol. The summed E-state index contributed by atoms with van der Waals surface area (Å²) in [5.41, 5.74) is 2.70. The van der Waals surface area contributed by atoms with Gasteiger partial charge < -0.3 is 13.8 Å². The first kappa shape index (κ1) is 32.4. The van der Waals surface area contributed by atoms with Crippen LogP contribution in [0.1, 0.15) is 25.0 Å². The second-order valence-electron chi connectivity index (χ2n) is 5.32. The Balaban J connectivity index is -0.000000334. The number of hydrogen-bond acceptors (Lipinski definition) is 0. The van der Waals surface area contributed by atoms with Crippen LogP contribution in [0.2, 0.25) is 0 Å². The first-order valence-corrected chi connectivity index (χ1v) is 12.8. The van der Waals surface area contributed by atoms with Crippen molar-refractivity contribution < 1.29 is 23.3 Å². The standard InChI is InChI=1S/2C10H9.2C2H5.2BrH.Si.Zr/c2*1-8-6-9-4-2-3-5-10(9)7-8;2*1-2;;;;/h2*2-7H,1H3;2*1H2,2H3;2*1H;;/q4*-1;;;;. The zero-order chi connectivity index (χ0) is 19.9. The molecule has 4 aromatic rings. The van der Waals surface area contributed by atoms with Crippen molar-refractivity contribution in [2.24, 2.45) is 0 Å². The molecule has 28 heavy (non-hydrogen) atoms. The van der Waals surface area contributed by atoms with E-state index in [1.54, 1.807) is 13.8 Å². The molecule has 0 atom stereocenters. The van der Waals surface area contributed by atoms with Gasteiger partial charge in [-0.2, -0.15) is 26.0 Å². The first-order valence-electron chi connectivity index (χ1n) is 8.63. The van der Waals surface area contributed by atoms with Gasteiger partial charge in [-0.1, -0.05) is 26.0 Å². The minimum atomic E-state index is 0. The first-order chi connectivity index (χ1) is 12.7. The Kier molecular flexibility index (Phi) is 23.1. The second kappa shape index (κ2) is 20.0. The van der Waals surface area contributed by atoms with Crippen LogP contribution in [-0.2, 0) is 23.3 Å². The number of benzene rings is 2. The quantitative estimate of drug-likeness (QED) is 0.142. The van der Waals surface area contributed by atoms with E-state index in [-0.39, 0.29) is 34.0 Å². The molecule has 0 unspecified atom stereocenters. The fourth-order valence-corrected chi connectivity index (χ4v) is 2.61. The summed E-state index contributed by atoms with van der Waals surface area (Å²) in [6.45, 7) is 17.3. The number of hydrogen-bond donors (Lipinski definition) is 0. The van der Waals surface area contributed by atoms with Gasteiger partial charge in [-0.05, 0) is 0 Å². The molecule has 152 valence electrons. The van der Waals surface area contributed by atoms with Crippen LogP contribution in [0.5, 0.6) is 0 Å². The molecule has 0 amide bonds. The van der Waals surface area contributed by atoms with Crippen LogP contribution in [0.4, 0.5) is 0 Å². The molecule has 4 rings (SSSR count).